The molecule has 4 aromatic rings. The van der Waals surface area contributed by atoms with Crippen LogP contribution in [0.4, 0.5) is 5.13 Å². The van der Waals surface area contributed by atoms with Gasteiger partial charge in [0, 0.05) is 5.56 Å². The van der Waals surface area contributed by atoms with Crippen LogP contribution in [0, 0.1) is 0 Å². The van der Waals surface area contributed by atoms with Gasteiger partial charge in [-0.1, -0.05) is 55.5 Å². The van der Waals surface area contributed by atoms with Gasteiger partial charge in [0.2, 0.25) is 11.0 Å². The van der Waals surface area contributed by atoms with Gasteiger partial charge in [-0.15, -0.1) is 10.2 Å². The molecule has 4 rings (SSSR count). The number of nitrogens with one attached hydrogen (secondary N) is 2. The Morgan fingerprint density at radius 3 is 2.48 bits per heavy atom. The predicted octanol–water partition coefficient (Wildman–Crippen LogP) is 6.62. The number of aromatic nitrogens is 2. The number of hydrogen-bond acceptors (Lipinski definition) is 9. The van der Waals surface area contributed by atoms with Gasteiger partial charge in [0.15, 0.2) is 11.5 Å². The van der Waals surface area contributed by atoms with Crippen LogP contribution in [0.25, 0.3) is 0 Å². The van der Waals surface area contributed by atoms with E-state index >= 15 is 0 Å². The molecule has 1 heterocycles. The molecule has 1 atom stereocenters. The van der Waals surface area contributed by atoms with Crippen LogP contribution >= 0.6 is 27.3 Å². The first kappa shape index (κ1) is 32.6. The Morgan fingerprint density at radius 1 is 1.00 bits per heavy atom. The van der Waals surface area contributed by atoms with Crippen LogP contribution in [0.3, 0.4) is 0 Å². The van der Waals surface area contributed by atoms with Gasteiger partial charge in [-0.3, -0.25) is 14.9 Å². The van der Waals surface area contributed by atoms with Crippen molar-refractivity contribution in [1.29, 1.82) is 0 Å². The molecule has 0 aliphatic heterocycles. The standard InChI is InChI=1S/C32H34BrN5O5S/c1-4-21(3)23-11-13-25(14-12-23)42-15-16-43-30-26(33)17-22(18-27(30)41-5-2)20-34-36-28(39)19-29-37-38-32(44-29)35-31(40)24-9-7-6-8-10-24/h6-14,17-18,20-21H,4-5,15-16,19H2,1-3H3,(H,36,39)(H,35,38,40)/b34-20-/t21-/m1/s1. The molecule has 2 N–H and O–H groups in total. The maximum atomic E-state index is 12.4. The van der Waals surface area contributed by atoms with E-state index in [9.17, 15) is 9.59 Å². The van der Waals surface area contributed by atoms with Crippen LogP contribution in [-0.4, -0.2) is 48.0 Å². The maximum Gasteiger partial charge on any atom is 0.257 e. The fraction of sp³-hybridized carbons (Fsp3) is 0.281. The van der Waals surface area contributed by atoms with Gasteiger partial charge >= 0.3 is 0 Å². The van der Waals surface area contributed by atoms with Crippen LogP contribution in [0.5, 0.6) is 17.2 Å². The maximum absolute atomic E-state index is 12.4. The second kappa shape index (κ2) is 16.5. The molecule has 0 saturated heterocycles. The normalized spacial score (nSPS) is 11.6. The Bertz CT molecular complexity index is 1560. The van der Waals surface area contributed by atoms with Crippen LogP contribution < -0.4 is 25.0 Å². The zero-order valence-electron chi connectivity index (χ0n) is 24.7. The lowest BCUT2D eigenvalue weighted by Gasteiger charge is -2.15. The Hall–Kier alpha value is -4.29. The third-order valence-electron chi connectivity index (χ3n) is 6.43. The number of rotatable bonds is 15. The number of ether oxygens (including phenoxy) is 3. The minimum atomic E-state index is -0.378. The number of carbonyl (C=O) groups excluding carboxylic acids is 2. The molecule has 2 amide bonds. The lowest BCUT2D eigenvalue weighted by molar-refractivity contribution is -0.120. The molecule has 230 valence electrons. The zero-order chi connectivity index (χ0) is 31.3. The lowest BCUT2D eigenvalue weighted by Crippen LogP contribution is -2.19. The first-order chi connectivity index (χ1) is 21.4. The molecule has 12 heteroatoms. The highest BCUT2D eigenvalue weighted by molar-refractivity contribution is 9.10. The zero-order valence-corrected chi connectivity index (χ0v) is 27.1. The minimum absolute atomic E-state index is 0.0407. The van der Waals surface area contributed by atoms with Crippen molar-refractivity contribution >= 4 is 50.4 Å². The first-order valence-electron chi connectivity index (χ1n) is 14.2. The highest BCUT2D eigenvalue weighted by atomic mass is 79.9. The highest BCUT2D eigenvalue weighted by Crippen LogP contribution is 2.36. The van der Waals surface area contributed by atoms with Crippen molar-refractivity contribution < 1.29 is 23.8 Å². The molecule has 3 aromatic carbocycles. The number of nitrogens with zero attached hydrogens (tertiary/aromatic N) is 3. The summed E-state index contributed by atoms with van der Waals surface area (Å²) >= 11 is 4.68. The number of carbonyl (C=O) groups is 2. The third kappa shape index (κ3) is 9.61. The number of hydrazone groups is 1. The molecule has 0 saturated carbocycles. The van der Waals surface area contributed by atoms with Crippen LogP contribution in [0.1, 0.15) is 59.6 Å². The third-order valence-corrected chi connectivity index (χ3v) is 7.86. The topological polar surface area (TPSA) is 124 Å². The monoisotopic (exact) mass is 679 g/mol. The second-order valence-electron chi connectivity index (χ2n) is 9.63. The van der Waals surface area contributed by atoms with Crippen LogP contribution in [0.2, 0.25) is 0 Å². The lowest BCUT2D eigenvalue weighted by atomic mass is 9.99. The van der Waals surface area contributed by atoms with Crippen molar-refractivity contribution in [2.75, 3.05) is 25.1 Å². The molecule has 0 radical (unpaired) electrons. The fourth-order valence-corrected chi connectivity index (χ4v) is 5.29. The quantitative estimate of drug-likeness (QED) is 0.0823. The fourth-order valence-electron chi connectivity index (χ4n) is 3.99. The van der Waals surface area contributed by atoms with Gasteiger partial charge < -0.3 is 14.2 Å². The van der Waals surface area contributed by atoms with Gasteiger partial charge in [-0.2, -0.15) is 5.10 Å². The molecule has 1 aromatic heterocycles. The molecule has 0 unspecified atom stereocenters. The first-order valence-corrected chi connectivity index (χ1v) is 15.8. The van der Waals surface area contributed by atoms with Gasteiger partial charge in [0.1, 0.15) is 24.0 Å². The van der Waals surface area contributed by atoms with E-state index in [0.717, 1.165) is 23.5 Å². The van der Waals surface area contributed by atoms with Crippen molar-refractivity contribution in [1.82, 2.24) is 15.6 Å². The van der Waals surface area contributed by atoms with Crippen molar-refractivity contribution in [3.63, 3.8) is 0 Å². The van der Waals surface area contributed by atoms with Crippen molar-refractivity contribution in [2.24, 2.45) is 5.10 Å². The van der Waals surface area contributed by atoms with E-state index in [1.165, 1.54) is 11.8 Å². The average molecular weight is 681 g/mol. The van der Waals surface area contributed by atoms with Gasteiger partial charge in [-0.05, 0) is 82.7 Å². The summed E-state index contributed by atoms with van der Waals surface area (Å²) in [5, 5.41) is 15.4. The number of amides is 2. The second-order valence-corrected chi connectivity index (χ2v) is 11.5. The molecule has 0 fully saturated rings. The molecule has 0 aliphatic carbocycles. The van der Waals surface area contributed by atoms with Gasteiger partial charge in [0.25, 0.3) is 5.91 Å². The average Bonchev–Trinajstić information content (AvgIpc) is 3.46. The Labute approximate surface area is 269 Å². The van der Waals surface area contributed by atoms with Crippen molar-refractivity contribution in [2.45, 2.75) is 39.5 Å². The Balaban J connectivity index is 1.27. The summed E-state index contributed by atoms with van der Waals surface area (Å²) in [4.78, 5) is 24.7. The molecule has 0 aliphatic rings. The summed E-state index contributed by atoms with van der Waals surface area (Å²) in [7, 11) is 0. The van der Waals surface area contributed by atoms with E-state index in [4.69, 9.17) is 14.2 Å². The highest BCUT2D eigenvalue weighted by Gasteiger charge is 2.14. The summed E-state index contributed by atoms with van der Waals surface area (Å²) in [6.07, 6.45) is 2.56. The predicted molar refractivity (Wildman–Crippen MR) is 175 cm³/mol. The molecule has 0 spiro atoms. The van der Waals surface area contributed by atoms with E-state index in [2.05, 4.69) is 68.0 Å². The van der Waals surface area contributed by atoms with Crippen molar-refractivity contribution in [3.05, 3.63) is 92.9 Å². The van der Waals surface area contributed by atoms with Gasteiger partial charge in [0.05, 0.1) is 23.7 Å². The number of halogens is 1. The molecule has 10 nitrogen and oxygen atoms in total. The summed E-state index contributed by atoms with van der Waals surface area (Å²) in [5.74, 6) is 1.72. The summed E-state index contributed by atoms with van der Waals surface area (Å²) in [6, 6.07) is 20.5. The van der Waals surface area contributed by atoms with Crippen LogP contribution in [0.15, 0.2) is 76.3 Å². The number of anilines is 1. The number of hydrogen-bond donors (Lipinski definition) is 2. The molecule has 44 heavy (non-hydrogen) atoms. The van der Waals surface area contributed by atoms with Gasteiger partial charge in [-0.25, -0.2) is 5.43 Å². The molecule has 0 bridgehead atoms. The largest absolute Gasteiger partial charge is 0.490 e. The van der Waals surface area contributed by atoms with Crippen LogP contribution in [-0.2, 0) is 11.2 Å². The smallest absolute Gasteiger partial charge is 0.257 e. The van der Waals surface area contributed by atoms with E-state index in [-0.39, 0.29) is 18.2 Å². The van der Waals surface area contributed by atoms with E-state index in [1.807, 2.05) is 31.2 Å². The summed E-state index contributed by atoms with van der Waals surface area (Å²) in [6.45, 7) is 7.39. The molecular weight excluding hydrogens is 646 g/mol. The minimum Gasteiger partial charge on any atom is -0.490 e. The number of benzene rings is 3. The van der Waals surface area contributed by atoms with Crippen molar-refractivity contribution in [3.8, 4) is 17.2 Å². The Kier molecular flexibility index (Phi) is 12.3. The summed E-state index contributed by atoms with van der Waals surface area (Å²) in [5.41, 5.74) is 4.97. The Morgan fingerprint density at radius 2 is 1.75 bits per heavy atom. The summed E-state index contributed by atoms with van der Waals surface area (Å²) < 4.78 is 18.3. The van der Waals surface area contributed by atoms with E-state index < -0.39 is 0 Å². The molecular formula is C32H34BrN5O5S. The van der Waals surface area contributed by atoms with E-state index in [0.29, 0.717) is 63.0 Å². The van der Waals surface area contributed by atoms with E-state index in [1.54, 1.807) is 30.3 Å². The SMILES string of the molecule is CCOc1cc(/C=N\NC(=O)Cc2nnc(NC(=O)c3ccccc3)s2)cc(Br)c1OCCOc1ccc([C@H](C)CC)cc1.